The minimum atomic E-state index is 0.484. The molecule has 2 N–H and O–H groups in total. The van der Waals surface area contributed by atoms with Crippen molar-refractivity contribution in [2.75, 3.05) is 0 Å². The maximum absolute atomic E-state index is 5.52. The van der Waals surface area contributed by atoms with Crippen LogP contribution >= 0.6 is 0 Å². The third-order valence-electron chi connectivity index (χ3n) is 2.22. The fraction of sp³-hybridized carbons (Fsp3) is 0.300. The highest BCUT2D eigenvalue weighted by atomic mass is 14.9. The van der Waals surface area contributed by atoms with Crippen LogP contribution in [0.3, 0.4) is 0 Å². The van der Waals surface area contributed by atoms with Crippen LogP contribution in [0.2, 0.25) is 0 Å². The Morgan fingerprint density at radius 1 is 1.21 bits per heavy atom. The molecule has 2 rings (SSSR count). The molecule has 0 aromatic carbocycles. The van der Waals surface area contributed by atoms with Gasteiger partial charge < -0.3 is 5.73 Å². The fourth-order valence-corrected chi connectivity index (χ4v) is 1.27. The van der Waals surface area contributed by atoms with Gasteiger partial charge in [-0.05, 0) is 25.5 Å². The van der Waals surface area contributed by atoms with Crippen LogP contribution in [0, 0.1) is 13.8 Å². The Labute approximate surface area is 82.2 Å². The Bertz CT molecular complexity index is 479. The molecule has 0 aliphatic heterocycles. The van der Waals surface area contributed by atoms with Crippen molar-refractivity contribution in [1.29, 1.82) is 0 Å². The van der Waals surface area contributed by atoms with Gasteiger partial charge in [0.25, 0.3) is 0 Å². The molecule has 0 saturated carbocycles. The molecule has 72 valence electrons. The second-order valence-corrected chi connectivity index (χ2v) is 3.28. The molecular weight excluding hydrogens is 176 g/mol. The van der Waals surface area contributed by atoms with Gasteiger partial charge in [-0.2, -0.15) is 0 Å². The van der Waals surface area contributed by atoms with E-state index in [1.54, 1.807) is 6.20 Å². The Balaban J connectivity index is 2.70. The lowest BCUT2D eigenvalue weighted by atomic mass is 10.2. The largest absolute Gasteiger partial charge is 0.326 e. The maximum atomic E-state index is 5.52. The minimum Gasteiger partial charge on any atom is -0.326 e. The molecule has 0 atom stereocenters. The summed E-state index contributed by atoms with van der Waals surface area (Å²) in [5, 5.41) is 0. The van der Waals surface area contributed by atoms with Gasteiger partial charge in [0, 0.05) is 12.7 Å². The Morgan fingerprint density at radius 2 is 1.93 bits per heavy atom. The van der Waals surface area contributed by atoms with Gasteiger partial charge in [-0.1, -0.05) is 0 Å². The van der Waals surface area contributed by atoms with Crippen LogP contribution < -0.4 is 5.73 Å². The summed E-state index contributed by atoms with van der Waals surface area (Å²) in [6.45, 7) is 4.36. The van der Waals surface area contributed by atoms with Gasteiger partial charge in [0.1, 0.15) is 5.52 Å². The summed E-state index contributed by atoms with van der Waals surface area (Å²) < 4.78 is 0. The van der Waals surface area contributed by atoms with Gasteiger partial charge in [0.2, 0.25) is 0 Å². The summed E-state index contributed by atoms with van der Waals surface area (Å²) in [6.07, 6.45) is 1.74. The topological polar surface area (TPSA) is 64.7 Å². The molecular formula is C10H12N4. The number of hydrogen-bond donors (Lipinski definition) is 1. The van der Waals surface area contributed by atoms with E-state index in [2.05, 4.69) is 15.0 Å². The number of hydrogen-bond acceptors (Lipinski definition) is 4. The Kier molecular flexibility index (Phi) is 2.13. The van der Waals surface area contributed by atoms with E-state index >= 15 is 0 Å². The van der Waals surface area contributed by atoms with E-state index in [1.807, 2.05) is 19.9 Å². The molecule has 2 aromatic heterocycles. The highest BCUT2D eigenvalue weighted by Crippen LogP contribution is 2.11. The first kappa shape index (κ1) is 9.02. The van der Waals surface area contributed by atoms with E-state index in [0.29, 0.717) is 12.2 Å². The first-order valence-electron chi connectivity index (χ1n) is 4.50. The number of rotatable bonds is 1. The fourth-order valence-electron chi connectivity index (χ4n) is 1.27. The molecule has 4 nitrogen and oxygen atoms in total. The molecule has 2 aromatic rings. The van der Waals surface area contributed by atoms with Crippen LogP contribution in [0.4, 0.5) is 0 Å². The Morgan fingerprint density at radius 3 is 2.64 bits per heavy atom. The van der Waals surface area contributed by atoms with Crippen molar-refractivity contribution in [2.45, 2.75) is 20.4 Å². The molecule has 0 unspecified atom stereocenters. The number of nitrogens with zero attached hydrogens (tertiary/aromatic N) is 3. The van der Waals surface area contributed by atoms with E-state index < -0.39 is 0 Å². The van der Waals surface area contributed by atoms with Crippen LogP contribution in [-0.4, -0.2) is 15.0 Å². The zero-order chi connectivity index (χ0) is 10.1. The van der Waals surface area contributed by atoms with Crippen molar-refractivity contribution >= 4 is 11.2 Å². The monoisotopic (exact) mass is 188 g/mol. The van der Waals surface area contributed by atoms with E-state index in [-0.39, 0.29) is 0 Å². The van der Waals surface area contributed by atoms with Crippen molar-refractivity contribution in [2.24, 2.45) is 5.73 Å². The van der Waals surface area contributed by atoms with Gasteiger partial charge in [0.05, 0.1) is 11.4 Å². The summed E-state index contributed by atoms with van der Waals surface area (Å²) in [4.78, 5) is 12.9. The standard InChI is InChI=1S/C10H12N4/c1-6-7(2)14-10-9(13-6)3-8(4-11)5-12-10/h3,5H,4,11H2,1-2H3. The minimum absolute atomic E-state index is 0.484. The molecule has 0 fully saturated rings. The second-order valence-electron chi connectivity index (χ2n) is 3.28. The van der Waals surface area contributed by atoms with Crippen molar-refractivity contribution in [3.8, 4) is 0 Å². The molecule has 0 radical (unpaired) electrons. The number of aryl methyl sites for hydroxylation is 2. The zero-order valence-corrected chi connectivity index (χ0v) is 8.28. The average Bonchev–Trinajstić information content (AvgIpc) is 2.19. The number of pyridine rings is 1. The van der Waals surface area contributed by atoms with Crippen LogP contribution in [0.1, 0.15) is 17.0 Å². The molecule has 0 aliphatic carbocycles. The summed E-state index contributed by atoms with van der Waals surface area (Å²) in [5.41, 5.74) is 9.86. The molecule has 0 spiro atoms. The molecule has 0 saturated heterocycles. The van der Waals surface area contributed by atoms with Crippen LogP contribution in [0.25, 0.3) is 11.2 Å². The lowest BCUT2D eigenvalue weighted by Gasteiger charge is -2.02. The highest BCUT2D eigenvalue weighted by molar-refractivity contribution is 5.70. The van der Waals surface area contributed by atoms with Gasteiger partial charge in [-0.25, -0.2) is 15.0 Å². The predicted molar refractivity (Wildman–Crippen MR) is 54.7 cm³/mol. The predicted octanol–water partition coefficient (Wildman–Crippen LogP) is 1.10. The van der Waals surface area contributed by atoms with Crippen LogP contribution in [0.15, 0.2) is 12.3 Å². The molecule has 0 bridgehead atoms. The van der Waals surface area contributed by atoms with Crippen LogP contribution in [-0.2, 0) is 6.54 Å². The van der Waals surface area contributed by atoms with Crippen molar-refractivity contribution in [1.82, 2.24) is 15.0 Å². The van der Waals surface area contributed by atoms with Gasteiger partial charge in [-0.3, -0.25) is 0 Å². The smallest absolute Gasteiger partial charge is 0.178 e. The molecule has 0 aliphatic rings. The van der Waals surface area contributed by atoms with E-state index in [4.69, 9.17) is 5.73 Å². The lowest BCUT2D eigenvalue weighted by Crippen LogP contribution is -2.00. The lowest BCUT2D eigenvalue weighted by molar-refractivity contribution is 1.03. The van der Waals surface area contributed by atoms with Crippen LogP contribution in [0.5, 0.6) is 0 Å². The van der Waals surface area contributed by atoms with Crippen molar-refractivity contribution < 1.29 is 0 Å². The Hall–Kier alpha value is -1.55. The SMILES string of the molecule is Cc1nc2cc(CN)cnc2nc1C. The van der Waals surface area contributed by atoms with Crippen molar-refractivity contribution in [3.05, 3.63) is 29.2 Å². The third-order valence-corrected chi connectivity index (χ3v) is 2.22. The third kappa shape index (κ3) is 1.44. The molecule has 2 heterocycles. The second kappa shape index (κ2) is 3.31. The first-order valence-corrected chi connectivity index (χ1v) is 4.50. The van der Waals surface area contributed by atoms with Gasteiger partial charge in [0.15, 0.2) is 5.65 Å². The highest BCUT2D eigenvalue weighted by Gasteiger charge is 2.02. The zero-order valence-electron chi connectivity index (χ0n) is 8.28. The normalized spacial score (nSPS) is 10.8. The van der Waals surface area contributed by atoms with E-state index in [0.717, 1.165) is 22.5 Å². The van der Waals surface area contributed by atoms with E-state index in [9.17, 15) is 0 Å². The average molecular weight is 188 g/mol. The van der Waals surface area contributed by atoms with E-state index in [1.165, 1.54) is 0 Å². The quantitative estimate of drug-likeness (QED) is 0.727. The summed E-state index contributed by atoms with van der Waals surface area (Å²) in [5.74, 6) is 0. The molecule has 4 heteroatoms. The molecule has 14 heavy (non-hydrogen) atoms. The number of aromatic nitrogens is 3. The maximum Gasteiger partial charge on any atom is 0.178 e. The van der Waals surface area contributed by atoms with Crippen molar-refractivity contribution in [3.63, 3.8) is 0 Å². The number of fused-ring (bicyclic) bond motifs is 1. The summed E-state index contributed by atoms with van der Waals surface area (Å²) in [6, 6.07) is 1.93. The van der Waals surface area contributed by atoms with Gasteiger partial charge in [-0.15, -0.1) is 0 Å². The molecule has 0 amide bonds. The summed E-state index contributed by atoms with van der Waals surface area (Å²) in [7, 11) is 0. The number of nitrogens with two attached hydrogens (primary N) is 1. The first-order chi connectivity index (χ1) is 6.70. The summed E-state index contributed by atoms with van der Waals surface area (Å²) >= 11 is 0. The van der Waals surface area contributed by atoms with Gasteiger partial charge >= 0.3 is 0 Å².